The van der Waals surface area contributed by atoms with E-state index in [1.807, 2.05) is 6.07 Å². The number of hydrogen-bond acceptors (Lipinski definition) is 3. The Kier molecular flexibility index (Phi) is 4.57. The van der Waals surface area contributed by atoms with Gasteiger partial charge in [0.1, 0.15) is 11.6 Å². The molecule has 1 saturated heterocycles. The summed E-state index contributed by atoms with van der Waals surface area (Å²) in [6.07, 6.45) is 0.458. The predicted octanol–water partition coefficient (Wildman–Crippen LogP) is 2.42. The molecule has 0 aliphatic carbocycles. The van der Waals surface area contributed by atoms with Crippen molar-refractivity contribution >= 4 is 5.91 Å². The highest BCUT2D eigenvalue weighted by molar-refractivity contribution is 5.79. The highest BCUT2D eigenvalue weighted by Gasteiger charge is 2.29. The van der Waals surface area contributed by atoms with Crippen LogP contribution >= 0.6 is 0 Å². The van der Waals surface area contributed by atoms with Gasteiger partial charge in [-0.15, -0.1) is 0 Å². The third-order valence-electron chi connectivity index (χ3n) is 4.01. The molecular weight excluding hydrogens is 295 g/mol. The maximum absolute atomic E-state index is 12.9. The average Bonchev–Trinajstić information content (AvgIpc) is 2.88. The zero-order valence-electron chi connectivity index (χ0n) is 12.7. The number of aromatic hydroxyl groups is 1. The van der Waals surface area contributed by atoms with Crippen molar-refractivity contribution in [1.82, 2.24) is 10.2 Å². The summed E-state index contributed by atoms with van der Waals surface area (Å²) in [4.78, 5) is 13.9. The van der Waals surface area contributed by atoms with Crippen molar-refractivity contribution < 1.29 is 14.3 Å². The molecule has 23 heavy (non-hydrogen) atoms. The van der Waals surface area contributed by atoms with E-state index in [1.165, 1.54) is 12.1 Å². The number of nitrogens with zero attached hydrogens (tertiary/aromatic N) is 1. The van der Waals surface area contributed by atoms with Gasteiger partial charge in [0.2, 0.25) is 5.91 Å². The lowest BCUT2D eigenvalue weighted by Gasteiger charge is -2.17. The second-order valence-corrected chi connectivity index (χ2v) is 5.85. The third kappa shape index (κ3) is 4.07. The van der Waals surface area contributed by atoms with Crippen LogP contribution in [0.15, 0.2) is 48.5 Å². The SMILES string of the molecule is O=C1C[C@@H](NCc2cccc(O)c2)CN1Cc1ccc(F)cc1. The Morgan fingerprint density at radius 2 is 1.96 bits per heavy atom. The van der Waals surface area contributed by atoms with Crippen molar-refractivity contribution in [3.8, 4) is 5.75 Å². The van der Waals surface area contributed by atoms with Gasteiger partial charge in [-0.05, 0) is 35.4 Å². The summed E-state index contributed by atoms with van der Waals surface area (Å²) < 4.78 is 12.9. The van der Waals surface area contributed by atoms with Crippen LogP contribution in [-0.4, -0.2) is 28.5 Å². The number of rotatable bonds is 5. The number of phenols is 1. The van der Waals surface area contributed by atoms with Crippen LogP contribution < -0.4 is 5.32 Å². The molecule has 0 unspecified atom stereocenters. The van der Waals surface area contributed by atoms with E-state index in [9.17, 15) is 14.3 Å². The molecule has 1 amide bonds. The number of halogens is 1. The Morgan fingerprint density at radius 3 is 2.70 bits per heavy atom. The Labute approximate surface area is 134 Å². The van der Waals surface area contributed by atoms with Crippen LogP contribution in [0.2, 0.25) is 0 Å². The van der Waals surface area contributed by atoms with Crippen LogP contribution in [0, 0.1) is 5.82 Å². The Bertz CT molecular complexity index is 688. The quantitative estimate of drug-likeness (QED) is 0.891. The van der Waals surface area contributed by atoms with Crippen molar-refractivity contribution in [2.45, 2.75) is 25.6 Å². The first-order valence-corrected chi connectivity index (χ1v) is 7.63. The third-order valence-corrected chi connectivity index (χ3v) is 4.01. The van der Waals surface area contributed by atoms with Gasteiger partial charge in [-0.3, -0.25) is 4.79 Å². The Balaban J connectivity index is 1.54. The number of nitrogens with one attached hydrogen (secondary N) is 1. The van der Waals surface area contributed by atoms with Crippen molar-refractivity contribution in [1.29, 1.82) is 0 Å². The second kappa shape index (κ2) is 6.79. The minimum Gasteiger partial charge on any atom is -0.508 e. The van der Waals surface area contributed by atoms with Gasteiger partial charge in [-0.1, -0.05) is 24.3 Å². The van der Waals surface area contributed by atoms with E-state index in [-0.39, 0.29) is 23.5 Å². The van der Waals surface area contributed by atoms with Gasteiger partial charge < -0.3 is 15.3 Å². The van der Waals surface area contributed by atoms with Gasteiger partial charge in [0, 0.05) is 32.1 Å². The van der Waals surface area contributed by atoms with Crippen LogP contribution in [0.5, 0.6) is 5.75 Å². The van der Waals surface area contributed by atoms with E-state index < -0.39 is 0 Å². The van der Waals surface area contributed by atoms with Crippen LogP contribution in [-0.2, 0) is 17.9 Å². The van der Waals surface area contributed by atoms with Crippen LogP contribution in [0.4, 0.5) is 4.39 Å². The Hall–Kier alpha value is -2.40. The van der Waals surface area contributed by atoms with E-state index >= 15 is 0 Å². The first kappa shape index (κ1) is 15.5. The number of carbonyl (C=O) groups is 1. The molecular formula is C18H19FN2O2. The molecule has 5 heteroatoms. The summed E-state index contributed by atoms with van der Waals surface area (Å²) in [5.74, 6) is 0.0691. The first-order valence-electron chi connectivity index (χ1n) is 7.63. The zero-order valence-corrected chi connectivity index (χ0v) is 12.7. The molecule has 2 aromatic rings. The van der Waals surface area contributed by atoms with E-state index in [2.05, 4.69) is 5.32 Å². The van der Waals surface area contributed by atoms with Gasteiger partial charge >= 0.3 is 0 Å². The molecule has 1 heterocycles. The number of benzene rings is 2. The smallest absolute Gasteiger partial charge is 0.224 e. The second-order valence-electron chi connectivity index (χ2n) is 5.85. The van der Waals surface area contributed by atoms with Crippen LogP contribution in [0.1, 0.15) is 17.5 Å². The largest absolute Gasteiger partial charge is 0.508 e. The van der Waals surface area contributed by atoms with Gasteiger partial charge in [-0.2, -0.15) is 0 Å². The summed E-state index contributed by atoms with van der Waals surface area (Å²) >= 11 is 0. The number of amides is 1. The molecule has 4 nitrogen and oxygen atoms in total. The standard InChI is InChI=1S/C18H19FN2O2/c19-15-6-4-13(5-7-15)11-21-12-16(9-18(21)23)20-10-14-2-1-3-17(22)8-14/h1-8,16,20,22H,9-12H2/t16-/m1/s1. The average molecular weight is 314 g/mol. The van der Waals surface area contributed by atoms with Crippen LogP contribution in [0.3, 0.4) is 0 Å². The fourth-order valence-corrected chi connectivity index (χ4v) is 2.80. The maximum atomic E-state index is 12.9. The lowest BCUT2D eigenvalue weighted by Crippen LogP contribution is -2.32. The molecule has 1 aliphatic rings. The number of carbonyl (C=O) groups excluding carboxylic acids is 1. The summed E-state index contributed by atoms with van der Waals surface area (Å²) in [6.45, 7) is 1.75. The van der Waals surface area contributed by atoms with Crippen molar-refractivity contribution in [2.24, 2.45) is 0 Å². The number of likely N-dealkylation sites (tertiary alicyclic amines) is 1. The van der Waals surface area contributed by atoms with Gasteiger partial charge in [0.15, 0.2) is 0 Å². The lowest BCUT2D eigenvalue weighted by atomic mass is 10.2. The van der Waals surface area contributed by atoms with Crippen molar-refractivity contribution in [2.75, 3.05) is 6.54 Å². The monoisotopic (exact) mass is 314 g/mol. The highest BCUT2D eigenvalue weighted by atomic mass is 19.1. The maximum Gasteiger partial charge on any atom is 0.224 e. The fraction of sp³-hybridized carbons (Fsp3) is 0.278. The minimum absolute atomic E-state index is 0.0882. The zero-order chi connectivity index (χ0) is 16.2. The summed E-state index contributed by atoms with van der Waals surface area (Å²) in [5.41, 5.74) is 1.91. The molecule has 0 aromatic heterocycles. The minimum atomic E-state index is -0.271. The highest BCUT2D eigenvalue weighted by Crippen LogP contribution is 2.17. The molecule has 1 atom stereocenters. The van der Waals surface area contributed by atoms with Gasteiger partial charge in [0.05, 0.1) is 0 Å². The van der Waals surface area contributed by atoms with E-state index in [4.69, 9.17) is 0 Å². The van der Waals surface area contributed by atoms with E-state index in [0.29, 0.717) is 26.1 Å². The normalized spacial score (nSPS) is 17.7. The molecule has 120 valence electrons. The van der Waals surface area contributed by atoms with E-state index in [1.54, 1.807) is 35.2 Å². The van der Waals surface area contributed by atoms with Crippen molar-refractivity contribution in [3.05, 3.63) is 65.5 Å². The first-order chi connectivity index (χ1) is 11.1. The van der Waals surface area contributed by atoms with Crippen LogP contribution in [0.25, 0.3) is 0 Å². The number of phenolic OH excluding ortho intramolecular Hbond substituents is 1. The molecule has 0 radical (unpaired) electrons. The molecule has 2 N–H and O–H groups in total. The topological polar surface area (TPSA) is 52.6 Å². The van der Waals surface area contributed by atoms with Gasteiger partial charge in [0.25, 0.3) is 0 Å². The molecule has 3 rings (SSSR count). The molecule has 0 saturated carbocycles. The summed E-state index contributed by atoms with van der Waals surface area (Å²) in [6, 6.07) is 13.4. The lowest BCUT2D eigenvalue weighted by molar-refractivity contribution is -0.128. The van der Waals surface area contributed by atoms with E-state index in [0.717, 1.165) is 11.1 Å². The molecule has 1 aliphatic heterocycles. The van der Waals surface area contributed by atoms with Crippen molar-refractivity contribution in [3.63, 3.8) is 0 Å². The molecule has 0 spiro atoms. The van der Waals surface area contributed by atoms with Gasteiger partial charge in [-0.25, -0.2) is 4.39 Å². The number of hydrogen-bond donors (Lipinski definition) is 2. The molecule has 1 fully saturated rings. The summed E-state index contributed by atoms with van der Waals surface area (Å²) in [7, 11) is 0. The predicted molar refractivity (Wildman–Crippen MR) is 85.2 cm³/mol. The molecule has 0 bridgehead atoms. The Morgan fingerprint density at radius 1 is 1.17 bits per heavy atom. The molecule has 2 aromatic carbocycles. The fourth-order valence-electron chi connectivity index (χ4n) is 2.80. The summed E-state index contributed by atoms with van der Waals surface area (Å²) in [5, 5.41) is 12.8.